The zero-order valence-corrected chi connectivity index (χ0v) is 4.52. The van der Waals surface area contributed by atoms with Gasteiger partial charge in [-0.05, 0) is 12.9 Å². The van der Waals surface area contributed by atoms with Crippen LogP contribution in [0.3, 0.4) is 0 Å². The fraction of sp³-hybridized carbons (Fsp3) is 0.600. The minimum absolute atomic E-state index is 0.262. The average molecular weight is 98.1 g/mol. The Kier molecular flexibility index (Phi) is 3.19. The molecule has 2 nitrogen and oxygen atoms in total. The molecule has 2 heteroatoms. The minimum atomic E-state index is 0.262. The Balaban J connectivity index is 3.15. The summed E-state index contributed by atoms with van der Waals surface area (Å²) in [6, 6.07) is 0. The smallest absolute Gasteiger partial charge is 0.0457 e. The molecule has 0 radical (unpaired) electrons. The van der Waals surface area contributed by atoms with Crippen molar-refractivity contribution in [2.75, 3.05) is 6.54 Å². The summed E-state index contributed by atoms with van der Waals surface area (Å²) in [6.45, 7) is 5.90. The number of hydrogen-bond donors (Lipinski definition) is 1. The number of nitrogens with one attached hydrogen (secondary N) is 1. The van der Waals surface area contributed by atoms with Crippen molar-refractivity contribution in [3.05, 3.63) is 0 Å². The molecule has 0 aliphatic rings. The normalized spacial score (nSPS) is 12.7. The van der Waals surface area contributed by atoms with Gasteiger partial charge in [-0.25, -0.2) is 0 Å². The maximum absolute atomic E-state index is 6.70. The van der Waals surface area contributed by atoms with E-state index in [0.717, 1.165) is 0 Å². The zero-order valence-electron chi connectivity index (χ0n) is 4.52. The summed E-state index contributed by atoms with van der Waals surface area (Å²) in [7, 11) is 0. The van der Waals surface area contributed by atoms with E-state index in [-0.39, 0.29) is 5.92 Å². The largest absolute Gasteiger partial charge is 0.313 e. The molecule has 0 aromatic rings. The van der Waals surface area contributed by atoms with Gasteiger partial charge in [0.05, 0.1) is 0 Å². The Hall–Kier alpha value is -0.660. The molecule has 0 aromatic carbocycles. The van der Waals surface area contributed by atoms with Gasteiger partial charge in [0.15, 0.2) is 0 Å². The highest BCUT2D eigenvalue weighted by Gasteiger charge is 1.89. The molecule has 0 aliphatic heterocycles. The summed E-state index contributed by atoms with van der Waals surface area (Å²) >= 11 is 0. The number of rotatable bonds is 3. The third-order valence-corrected chi connectivity index (χ3v) is 0.702. The molecule has 0 heterocycles. The van der Waals surface area contributed by atoms with Crippen LogP contribution in [-0.2, 0) is 0 Å². The first-order chi connectivity index (χ1) is 3.31. The summed E-state index contributed by atoms with van der Waals surface area (Å²) in [5.41, 5.74) is 0. The summed E-state index contributed by atoms with van der Waals surface area (Å²) in [5.74, 6) is 0.262. The highest BCUT2D eigenvalue weighted by molar-refractivity contribution is 5.56. The number of aliphatic imine (C=N–C) groups is 1. The summed E-state index contributed by atoms with van der Waals surface area (Å²) in [4.78, 5) is 3.61. The van der Waals surface area contributed by atoms with Crippen molar-refractivity contribution in [1.29, 1.82) is 5.41 Å². The second-order valence-corrected chi connectivity index (χ2v) is 1.55. The lowest BCUT2D eigenvalue weighted by Gasteiger charge is -1.93. The molecular weight excluding hydrogens is 88.1 g/mol. The summed E-state index contributed by atoms with van der Waals surface area (Å²) < 4.78 is 0. The molecule has 0 spiro atoms. The van der Waals surface area contributed by atoms with Crippen LogP contribution >= 0.6 is 0 Å². The molecule has 40 valence electrons. The Morgan fingerprint density at radius 1 is 2.00 bits per heavy atom. The molecule has 7 heavy (non-hydrogen) atoms. The predicted molar refractivity (Wildman–Crippen MR) is 32.4 cm³/mol. The molecule has 0 rings (SSSR count). The Morgan fingerprint density at radius 3 is 2.71 bits per heavy atom. The van der Waals surface area contributed by atoms with Crippen LogP contribution in [-0.4, -0.2) is 19.5 Å². The van der Waals surface area contributed by atoms with Gasteiger partial charge in [-0.2, -0.15) is 0 Å². The maximum Gasteiger partial charge on any atom is 0.0457 e. The van der Waals surface area contributed by atoms with Gasteiger partial charge in [0.2, 0.25) is 0 Å². The summed E-state index contributed by atoms with van der Waals surface area (Å²) in [6.07, 6.45) is 1.37. The molecule has 0 fully saturated rings. The van der Waals surface area contributed by atoms with E-state index in [1.54, 1.807) is 0 Å². The third-order valence-electron chi connectivity index (χ3n) is 0.702. The van der Waals surface area contributed by atoms with Gasteiger partial charge in [-0.1, -0.05) is 6.92 Å². The van der Waals surface area contributed by atoms with E-state index in [4.69, 9.17) is 5.41 Å². The molecule has 1 N–H and O–H groups in total. The van der Waals surface area contributed by atoms with E-state index in [0.29, 0.717) is 6.54 Å². The van der Waals surface area contributed by atoms with Gasteiger partial charge in [-0.3, -0.25) is 0 Å². The van der Waals surface area contributed by atoms with Gasteiger partial charge in [-0.15, -0.1) is 0 Å². The maximum atomic E-state index is 6.70. The van der Waals surface area contributed by atoms with Gasteiger partial charge in [0.25, 0.3) is 0 Å². The minimum Gasteiger partial charge on any atom is -0.313 e. The van der Waals surface area contributed by atoms with Crippen LogP contribution in [0.15, 0.2) is 4.99 Å². The van der Waals surface area contributed by atoms with Gasteiger partial charge < -0.3 is 10.4 Å². The van der Waals surface area contributed by atoms with E-state index in [1.165, 1.54) is 6.21 Å². The standard InChI is InChI=1S/C5H10N2/c1-5(3-6)4-7-2/h3,5-6H,2,4H2,1H3. The van der Waals surface area contributed by atoms with Crippen LogP contribution in [0.5, 0.6) is 0 Å². The molecule has 0 saturated carbocycles. The first-order valence-corrected chi connectivity index (χ1v) is 2.24. The third kappa shape index (κ3) is 3.16. The molecule has 0 bridgehead atoms. The Morgan fingerprint density at radius 2 is 2.57 bits per heavy atom. The monoisotopic (exact) mass is 98.1 g/mol. The zero-order chi connectivity index (χ0) is 5.70. The first kappa shape index (κ1) is 6.34. The second kappa shape index (κ2) is 3.53. The van der Waals surface area contributed by atoms with Crippen LogP contribution in [0.4, 0.5) is 0 Å². The lowest BCUT2D eigenvalue weighted by molar-refractivity contribution is 0.801. The first-order valence-electron chi connectivity index (χ1n) is 2.24. The highest BCUT2D eigenvalue weighted by atomic mass is 14.7. The van der Waals surface area contributed by atoms with Crippen molar-refractivity contribution in [1.82, 2.24) is 0 Å². The number of hydrogen-bond acceptors (Lipinski definition) is 2. The molecule has 0 saturated heterocycles. The molecule has 1 unspecified atom stereocenters. The van der Waals surface area contributed by atoms with Crippen LogP contribution in [0.2, 0.25) is 0 Å². The van der Waals surface area contributed by atoms with Gasteiger partial charge in [0.1, 0.15) is 0 Å². The molecule has 0 amide bonds. The Bertz CT molecular complexity index is 68.5. The van der Waals surface area contributed by atoms with Gasteiger partial charge in [0, 0.05) is 12.5 Å². The van der Waals surface area contributed by atoms with Crippen molar-refractivity contribution in [3.63, 3.8) is 0 Å². The SMILES string of the molecule is C=NCC(C)C=N. The fourth-order valence-corrected chi connectivity index (χ4v) is 0.256. The van der Waals surface area contributed by atoms with Crippen molar-refractivity contribution in [3.8, 4) is 0 Å². The van der Waals surface area contributed by atoms with Crippen LogP contribution in [0.25, 0.3) is 0 Å². The fourth-order valence-electron chi connectivity index (χ4n) is 0.256. The second-order valence-electron chi connectivity index (χ2n) is 1.55. The number of nitrogens with zero attached hydrogens (tertiary/aromatic N) is 1. The van der Waals surface area contributed by atoms with E-state index in [1.807, 2.05) is 6.92 Å². The van der Waals surface area contributed by atoms with Gasteiger partial charge >= 0.3 is 0 Å². The van der Waals surface area contributed by atoms with Crippen LogP contribution < -0.4 is 0 Å². The summed E-state index contributed by atoms with van der Waals surface area (Å²) in [5, 5.41) is 6.70. The van der Waals surface area contributed by atoms with Crippen LogP contribution in [0, 0.1) is 11.3 Å². The highest BCUT2D eigenvalue weighted by Crippen LogP contribution is 1.86. The lowest BCUT2D eigenvalue weighted by Crippen LogP contribution is -1.97. The molecule has 0 aromatic heterocycles. The molecule has 0 aliphatic carbocycles. The molecule has 1 atom stereocenters. The molecular formula is C5H10N2. The van der Waals surface area contributed by atoms with E-state index in [2.05, 4.69) is 11.7 Å². The topological polar surface area (TPSA) is 36.2 Å². The van der Waals surface area contributed by atoms with Crippen molar-refractivity contribution >= 4 is 12.9 Å². The quantitative estimate of drug-likeness (QED) is 0.511. The van der Waals surface area contributed by atoms with E-state index >= 15 is 0 Å². The van der Waals surface area contributed by atoms with Crippen molar-refractivity contribution in [2.45, 2.75) is 6.92 Å². The average Bonchev–Trinajstić information content (AvgIpc) is 1.68. The van der Waals surface area contributed by atoms with Crippen LogP contribution in [0.1, 0.15) is 6.92 Å². The Labute approximate surface area is 43.8 Å². The van der Waals surface area contributed by atoms with Crippen molar-refractivity contribution < 1.29 is 0 Å². The lowest BCUT2D eigenvalue weighted by atomic mass is 10.2. The predicted octanol–water partition coefficient (Wildman–Crippen LogP) is 0.973. The van der Waals surface area contributed by atoms with E-state index in [9.17, 15) is 0 Å². The van der Waals surface area contributed by atoms with Crippen molar-refractivity contribution in [2.24, 2.45) is 10.9 Å². The van der Waals surface area contributed by atoms with E-state index < -0.39 is 0 Å².